The first-order chi connectivity index (χ1) is 5.75. The molecule has 2 aliphatic heterocycles. The van der Waals surface area contributed by atoms with Gasteiger partial charge in [0, 0.05) is 0 Å². The van der Waals surface area contributed by atoms with Gasteiger partial charge < -0.3 is 15.2 Å². The van der Waals surface area contributed by atoms with Crippen molar-refractivity contribution in [1.82, 2.24) is 0 Å². The molecule has 0 aromatic heterocycles. The Kier molecular flexibility index (Phi) is 2.08. The Balaban J connectivity index is 2.12. The molecular formula is C7H10N2O2S. The van der Waals surface area contributed by atoms with Crippen molar-refractivity contribution in [2.45, 2.75) is 25.2 Å². The lowest BCUT2D eigenvalue weighted by atomic mass is 10.1. The quantitative estimate of drug-likeness (QED) is 0.549. The summed E-state index contributed by atoms with van der Waals surface area (Å²) in [6, 6.07) is 0. The molecule has 2 saturated heterocycles. The van der Waals surface area contributed by atoms with E-state index in [1.807, 2.05) is 0 Å². The summed E-state index contributed by atoms with van der Waals surface area (Å²) in [4.78, 5) is 3.99. The molecule has 0 aromatic rings. The highest BCUT2D eigenvalue weighted by Crippen LogP contribution is 2.24. The van der Waals surface area contributed by atoms with Gasteiger partial charge in [-0.05, 0) is 25.1 Å². The second kappa shape index (κ2) is 3.08. The fourth-order valence-electron chi connectivity index (χ4n) is 1.45. The van der Waals surface area contributed by atoms with Crippen molar-refractivity contribution >= 4 is 23.0 Å². The summed E-state index contributed by atoms with van der Waals surface area (Å²) in [5.74, 6) is 0. The minimum Gasteiger partial charge on any atom is -0.374 e. The molecule has 2 heterocycles. The van der Waals surface area contributed by atoms with Gasteiger partial charge >= 0.3 is 0 Å². The lowest BCUT2D eigenvalue weighted by Crippen LogP contribution is -2.29. The van der Waals surface area contributed by atoms with E-state index in [4.69, 9.17) is 15.2 Å². The Bertz CT molecular complexity index is 242. The standard InChI is InChI=1S/C7H10N2O2S/c8-7(12)9-5-2-1-4-3-10-6(5)11-4/h4,6H,1-3H2,(H2,8,12)/b9-5-/t4-,6+/m0/s1. The predicted molar refractivity (Wildman–Crippen MR) is 48.1 cm³/mol. The molecule has 0 unspecified atom stereocenters. The van der Waals surface area contributed by atoms with Gasteiger partial charge in [-0.25, -0.2) is 4.99 Å². The van der Waals surface area contributed by atoms with Gasteiger partial charge in [0.15, 0.2) is 11.4 Å². The number of ether oxygens (including phenoxy) is 2. The van der Waals surface area contributed by atoms with E-state index in [1.165, 1.54) is 0 Å². The van der Waals surface area contributed by atoms with Crippen LogP contribution in [0.25, 0.3) is 0 Å². The minimum atomic E-state index is -0.287. The summed E-state index contributed by atoms with van der Waals surface area (Å²) < 4.78 is 10.8. The van der Waals surface area contributed by atoms with Crippen LogP contribution in [0.4, 0.5) is 0 Å². The molecule has 0 aromatic carbocycles. The molecule has 2 N–H and O–H groups in total. The van der Waals surface area contributed by atoms with Crippen LogP contribution in [-0.4, -0.2) is 29.8 Å². The molecule has 0 aliphatic carbocycles. The van der Waals surface area contributed by atoms with Crippen LogP contribution in [-0.2, 0) is 9.47 Å². The first kappa shape index (κ1) is 8.10. The molecular weight excluding hydrogens is 176 g/mol. The Labute approximate surface area is 75.7 Å². The largest absolute Gasteiger partial charge is 0.374 e. The molecule has 66 valence electrons. The van der Waals surface area contributed by atoms with Crippen molar-refractivity contribution in [2.75, 3.05) is 6.61 Å². The summed E-state index contributed by atoms with van der Waals surface area (Å²) in [5.41, 5.74) is 6.12. The van der Waals surface area contributed by atoms with E-state index in [0.29, 0.717) is 6.61 Å². The summed E-state index contributed by atoms with van der Waals surface area (Å²) in [6.07, 6.45) is 1.80. The zero-order valence-electron chi connectivity index (χ0n) is 6.53. The smallest absolute Gasteiger partial charge is 0.197 e. The molecule has 12 heavy (non-hydrogen) atoms. The SMILES string of the molecule is NC(=S)/N=C1/CC[C@H]2CO[C@@H]1O2. The summed E-state index contributed by atoms with van der Waals surface area (Å²) in [6.45, 7) is 0.668. The number of fused-ring (bicyclic) bond motifs is 2. The molecule has 2 bridgehead atoms. The van der Waals surface area contributed by atoms with Crippen LogP contribution in [0.5, 0.6) is 0 Å². The van der Waals surface area contributed by atoms with E-state index in [0.717, 1.165) is 18.6 Å². The van der Waals surface area contributed by atoms with Crippen LogP contribution in [0.1, 0.15) is 12.8 Å². The molecule has 2 atom stereocenters. The van der Waals surface area contributed by atoms with Gasteiger partial charge in [-0.15, -0.1) is 0 Å². The third-order valence-electron chi connectivity index (χ3n) is 2.00. The van der Waals surface area contributed by atoms with Crippen molar-refractivity contribution in [2.24, 2.45) is 10.7 Å². The normalized spacial score (nSPS) is 37.2. The Morgan fingerprint density at radius 3 is 3.25 bits per heavy atom. The number of rotatable bonds is 0. The molecule has 2 aliphatic rings. The van der Waals surface area contributed by atoms with E-state index >= 15 is 0 Å². The molecule has 0 spiro atoms. The summed E-state index contributed by atoms with van der Waals surface area (Å²) in [5, 5.41) is 0.155. The van der Waals surface area contributed by atoms with Crippen LogP contribution in [0.15, 0.2) is 4.99 Å². The Hall–Kier alpha value is -0.520. The monoisotopic (exact) mass is 186 g/mol. The van der Waals surface area contributed by atoms with E-state index < -0.39 is 0 Å². The molecule has 2 rings (SSSR count). The number of hydrogen-bond acceptors (Lipinski definition) is 3. The third-order valence-corrected chi connectivity index (χ3v) is 2.09. The van der Waals surface area contributed by atoms with E-state index in [9.17, 15) is 0 Å². The molecule has 0 radical (unpaired) electrons. The van der Waals surface area contributed by atoms with Crippen LogP contribution < -0.4 is 5.73 Å². The van der Waals surface area contributed by atoms with Gasteiger partial charge in [-0.2, -0.15) is 0 Å². The van der Waals surface area contributed by atoms with Crippen molar-refractivity contribution in [3.63, 3.8) is 0 Å². The number of hydrogen-bond donors (Lipinski definition) is 1. The summed E-state index contributed by atoms with van der Waals surface area (Å²) >= 11 is 4.67. The van der Waals surface area contributed by atoms with Gasteiger partial charge in [0.25, 0.3) is 0 Å². The maximum atomic E-state index is 5.44. The summed E-state index contributed by atoms with van der Waals surface area (Å²) in [7, 11) is 0. The number of nitrogens with zero attached hydrogens (tertiary/aromatic N) is 1. The first-order valence-corrected chi connectivity index (χ1v) is 4.30. The van der Waals surface area contributed by atoms with Crippen LogP contribution in [0.2, 0.25) is 0 Å². The third kappa shape index (κ3) is 1.48. The van der Waals surface area contributed by atoms with Crippen LogP contribution in [0.3, 0.4) is 0 Å². The molecule has 4 nitrogen and oxygen atoms in total. The van der Waals surface area contributed by atoms with Crippen molar-refractivity contribution in [3.05, 3.63) is 0 Å². The van der Waals surface area contributed by atoms with E-state index in [2.05, 4.69) is 17.2 Å². The Morgan fingerprint density at radius 1 is 1.67 bits per heavy atom. The van der Waals surface area contributed by atoms with Gasteiger partial charge in [0.1, 0.15) is 0 Å². The fourth-order valence-corrected chi connectivity index (χ4v) is 1.57. The van der Waals surface area contributed by atoms with Gasteiger partial charge in [-0.1, -0.05) is 0 Å². The highest BCUT2D eigenvalue weighted by Gasteiger charge is 2.34. The second-order valence-corrected chi connectivity index (χ2v) is 3.32. The average Bonchev–Trinajstić information content (AvgIpc) is 2.39. The zero-order valence-corrected chi connectivity index (χ0v) is 7.34. The fraction of sp³-hybridized carbons (Fsp3) is 0.714. The van der Waals surface area contributed by atoms with Gasteiger partial charge in [0.05, 0.1) is 18.4 Å². The predicted octanol–water partition coefficient (Wildman–Crippen LogP) is 0.206. The molecule has 0 amide bonds. The maximum absolute atomic E-state index is 5.44. The zero-order chi connectivity index (χ0) is 8.55. The molecule has 2 fully saturated rings. The topological polar surface area (TPSA) is 56.8 Å². The average molecular weight is 186 g/mol. The maximum Gasteiger partial charge on any atom is 0.197 e. The minimum absolute atomic E-state index is 0.155. The molecule has 5 heteroatoms. The number of thiocarbonyl (C=S) groups is 1. The lowest BCUT2D eigenvalue weighted by molar-refractivity contribution is -0.0162. The Morgan fingerprint density at radius 2 is 2.50 bits per heavy atom. The van der Waals surface area contributed by atoms with Crippen molar-refractivity contribution in [1.29, 1.82) is 0 Å². The van der Waals surface area contributed by atoms with E-state index in [1.54, 1.807) is 0 Å². The van der Waals surface area contributed by atoms with Crippen LogP contribution in [0, 0.1) is 0 Å². The van der Waals surface area contributed by atoms with Crippen LogP contribution >= 0.6 is 12.2 Å². The lowest BCUT2D eigenvalue weighted by Gasteiger charge is -2.19. The van der Waals surface area contributed by atoms with Gasteiger partial charge in [-0.3, -0.25) is 0 Å². The first-order valence-electron chi connectivity index (χ1n) is 3.89. The highest BCUT2D eigenvalue weighted by atomic mass is 32.1. The number of nitrogens with two attached hydrogens (primary N) is 1. The number of aliphatic imine (C=N–C) groups is 1. The highest BCUT2D eigenvalue weighted by molar-refractivity contribution is 7.80. The van der Waals surface area contributed by atoms with E-state index in [-0.39, 0.29) is 17.5 Å². The van der Waals surface area contributed by atoms with Crippen molar-refractivity contribution in [3.8, 4) is 0 Å². The van der Waals surface area contributed by atoms with Crippen molar-refractivity contribution < 1.29 is 9.47 Å². The molecule has 0 saturated carbocycles. The second-order valence-electron chi connectivity index (χ2n) is 2.90. The van der Waals surface area contributed by atoms with Gasteiger partial charge in [0.2, 0.25) is 0 Å².